The summed E-state index contributed by atoms with van der Waals surface area (Å²) in [7, 11) is 4.09. The second kappa shape index (κ2) is 5.62. The Bertz CT molecular complexity index is 360. The average molecular weight is 253 g/mol. The molecule has 0 saturated carbocycles. The number of thiophene rings is 1. The molecule has 1 aromatic rings. The number of likely N-dealkylation sites (N-methyl/N-ethyl adjacent to an activating group) is 1. The van der Waals surface area contributed by atoms with E-state index >= 15 is 0 Å². The Labute approximate surface area is 106 Å². The maximum Gasteiger partial charge on any atom is 0.225 e. The van der Waals surface area contributed by atoms with Crippen LogP contribution in [0.25, 0.3) is 0 Å². The van der Waals surface area contributed by atoms with Crippen LogP contribution in [0.15, 0.2) is 17.5 Å². The first-order valence-electron chi connectivity index (χ1n) is 5.86. The second-order valence-corrected chi connectivity index (χ2v) is 5.57. The Morgan fingerprint density at radius 2 is 2.41 bits per heavy atom. The van der Waals surface area contributed by atoms with E-state index in [1.54, 1.807) is 11.3 Å². The van der Waals surface area contributed by atoms with Crippen LogP contribution in [-0.4, -0.2) is 44.5 Å². The van der Waals surface area contributed by atoms with Crippen molar-refractivity contribution in [1.29, 1.82) is 0 Å². The number of hydrogen-bond acceptors (Lipinski definition) is 4. The van der Waals surface area contributed by atoms with Crippen LogP contribution in [0.4, 0.5) is 0 Å². The monoisotopic (exact) mass is 253 g/mol. The zero-order valence-corrected chi connectivity index (χ0v) is 11.1. The van der Waals surface area contributed by atoms with Crippen LogP contribution in [-0.2, 0) is 4.79 Å². The van der Waals surface area contributed by atoms with Gasteiger partial charge in [-0.1, -0.05) is 6.07 Å². The van der Waals surface area contributed by atoms with E-state index in [0.717, 1.165) is 13.1 Å². The average Bonchev–Trinajstić information content (AvgIpc) is 2.67. The highest BCUT2D eigenvalue weighted by Crippen LogP contribution is 2.22. The lowest BCUT2D eigenvalue weighted by molar-refractivity contribution is -0.126. The molecule has 0 bridgehead atoms. The number of carbonyl (C=O) groups is 1. The first kappa shape index (κ1) is 12.5. The van der Waals surface area contributed by atoms with Gasteiger partial charge in [0.05, 0.1) is 12.0 Å². The summed E-state index contributed by atoms with van der Waals surface area (Å²) >= 11 is 1.73. The zero-order valence-electron chi connectivity index (χ0n) is 10.3. The van der Waals surface area contributed by atoms with Gasteiger partial charge in [0.15, 0.2) is 0 Å². The molecule has 0 aromatic carbocycles. The molecule has 5 heteroatoms. The summed E-state index contributed by atoms with van der Waals surface area (Å²) < 4.78 is 0. The molecule has 2 heterocycles. The highest BCUT2D eigenvalue weighted by molar-refractivity contribution is 7.10. The summed E-state index contributed by atoms with van der Waals surface area (Å²) in [6, 6.07) is 4.44. The molecular weight excluding hydrogens is 234 g/mol. The molecule has 17 heavy (non-hydrogen) atoms. The lowest BCUT2D eigenvalue weighted by Gasteiger charge is -2.28. The van der Waals surface area contributed by atoms with Crippen molar-refractivity contribution in [3.8, 4) is 0 Å². The molecule has 4 nitrogen and oxygen atoms in total. The predicted octanol–water partition coefficient (Wildman–Crippen LogP) is 0.686. The van der Waals surface area contributed by atoms with Crippen molar-refractivity contribution in [3.05, 3.63) is 22.4 Å². The van der Waals surface area contributed by atoms with E-state index in [-0.39, 0.29) is 17.9 Å². The SMILES string of the molecule is CN(C)C(CNC(=O)C1CNC1)c1cccs1. The van der Waals surface area contributed by atoms with Gasteiger partial charge in [-0.2, -0.15) is 0 Å². The van der Waals surface area contributed by atoms with Crippen LogP contribution in [0, 0.1) is 5.92 Å². The quantitative estimate of drug-likeness (QED) is 0.811. The van der Waals surface area contributed by atoms with E-state index in [1.807, 2.05) is 20.2 Å². The van der Waals surface area contributed by atoms with Crippen molar-refractivity contribution in [2.45, 2.75) is 6.04 Å². The number of nitrogens with zero attached hydrogens (tertiary/aromatic N) is 1. The van der Waals surface area contributed by atoms with Crippen molar-refractivity contribution in [1.82, 2.24) is 15.5 Å². The number of rotatable bonds is 5. The fraction of sp³-hybridized carbons (Fsp3) is 0.583. The van der Waals surface area contributed by atoms with Gasteiger partial charge in [-0.3, -0.25) is 4.79 Å². The normalized spacial score (nSPS) is 17.8. The summed E-state index contributed by atoms with van der Waals surface area (Å²) in [6.07, 6.45) is 0. The molecule has 0 radical (unpaired) electrons. The molecule has 1 atom stereocenters. The number of amides is 1. The van der Waals surface area contributed by atoms with E-state index in [4.69, 9.17) is 0 Å². The Morgan fingerprint density at radius 3 is 2.88 bits per heavy atom. The van der Waals surface area contributed by atoms with Gasteiger partial charge in [-0.25, -0.2) is 0 Å². The first-order chi connectivity index (χ1) is 8.18. The third-order valence-corrected chi connectivity index (χ3v) is 4.09. The van der Waals surface area contributed by atoms with Crippen LogP contribution < -0.4 is 10.6 Å². The molecule has 1 fully saturated rings. The fourth-order valence-electron chi connectivity index (χ4n) is 1.83. The molecule has 1 amide bonds. The summed E-state index contributed by atoms with van der Waals surface area (Å²) in [5.74, 6) is 0.341. The van der Waals surface area contributed by atoms with E-state index in [0.29, 0.717) is 6.54 Å². The van der Waals surface area contributed by atoms with Gasteiger partial charge in [-0.05, 0) is 25.5 Å². The second-order valence-electron chi connectivity index (χ2n) is 4.60. The molecule has 1 aliphatic rings. The van der Waals surface area contributed by atoms with Crippen LogP contribution in [0.5, 0.6) is 0 Å². The van der Waals surface area contributed by atoms with E-state index in [9.17, 15) is 4.79 Å². The van der Waals surface area contributed by atoms with Crippen molar-refractivity contribution < 1.29 is 4.79 Å². The molecule has 1 aliphatic heterocycles. The van der Waals surface area contributed by atoms with E-state index < -0.39 is 0 Å². The Kier molecular flexibility index (Phi) is 4.15. The molecule has 0 aliphatic carbocycles. The molecule has 1 saturated heterocycles. The number of carbonyl (C=O) groups excluding carboxylic acids is 1. The number of nitrogens with one attached hydrogen (secondary N) is 2. The highest BCUT2D eigenvalue weighted by Gasteiger charge is 2.25. The first-order valence-corrected chi connectivity index (χ1v) is 6.74. The topological polar surface area (TPSA) is 44.4 Å². The van der Waals surface area contributed by atoms with Gasteiger partial charge < -0.3 is 15.5 Å². The predicted molar refractivity (Wildman–Crippen MR) is 70.1 cm³/mol. The Morgan fingerprint density at radius 1 is 1.65 bits per heavy atom. The van der Waals surface area contributed by atoms with Crippen LogP contribution in [0.3, 0.4) is 0 Å². The van der Waals surface area contributed by atoms with Gasteiger partial charge in [0.1, 0.15) is 0 Å². The summed E-state index contributed by atoms with van der Waals surface area (Å²) in [5, 5.41) is 8.22. The van der Waals surface area contributed by atoms with E-state index in [1.165, 1.54) is 4.88 Å². The molecule has 94 valence electrons. The van der Waals surface area contributed by atoms with Crippen molar-refractivity contribution in [2.24, 2.45) is 5.92 Å². The maximum absolute atomic E-state index is 11.8. The van der Waals surface area contributed by atoms with Gasteiger partial charge in [0.2, 0.25) is 5.91 Å². The van der Waals surface area contributed by atoms with Crippen molar-refractivity contribution in [3.63, 3.8) is 0 Å². The fourth-order valence-corrected chi connectivity index (χ4v) is 2.76. The minimum atomic E-state index is 0.168. The third kappa shape index (κ3) is 3.06. The van der Waals surface area contributed by atoms with Gasteiger partial charge in [0.25, 0.3) is 0 Å². The zero-order chi connectivity index (χ0) is 12.3. The molecule has 2 N–H and O–H groups in total. The van der Waals surface area contributed by atoms with Crippen molar-refractivity contribution >= 4 is 17.2 Å². The van der Waals surface area contributed by atoms with E-state index in [2.05, 4.69) is 27.0 Å². The van der Waals surface area contributed by atoms with Crippen LogP contribution in [0.1, 0.15) is 10.9 Å². The third-order valence-electron chi connectivity index (χ3n) is 3.12. The van der Waals surface area contributed by atoms with Gasteiger partial charge in [-0.15, -0.1) is 11.3 Å². The summed E-state index contributed by atoms with van der Waals surface area (Å²) in [4.78, 5) is 15.2. The molecule has 0 spiro atoms. The molecule has 1 aromatic heterocycles. The maximum atomic E-state index is 11.8. The summed E-state index contributed by atoms with van der Waals surface area (Å²) in [6.45, 7) is 2.32. The Balaban J connectivity index is 1.88. The van der Waals surface area contributed by atoms with Gasteiger partial charge >= 0.3 is 0 Å². The van der Waals surface area contributed by atoms with Crippen molar-refractivity contribution in [2.75, 3.05) is 33.7 Å². The summed E-state index contributed by atoms with van der Waals surface area (Å²) in [5.41, 5.74) is 0. The number of hydrogen-bond donors (Lipinski definition) is 2. The molecular formula is C12H19N3OS. The lowest BCUT2D eigenvalue weighted by Crippen LogP contribution is -2.51. The van der Waals surface area contributed by atoms with Gasteiger partial charge in [0, 0.05) is 24.5 Å². The minimum Gasteiger partial charge on any atom is -0.354 e. The Hall–Kier alpha value is -0.910. The molecule has 2 rings (SSSR count). The minimum absolute atomic E-state index is 0.168. The highest BCUT2D eigenvalue weighted by atomic mass is 32.1. The molecule has 1 unspecified atom stereocenters. The smallest absolute Gasteiger partial charge is 0.225 e. The lowest BCUT2D eigenvalue weighted by atomic mass is 10.0. The van der Waals surface area contributed by atoms with Crippen LogP contribution in [0.2, 0.25) is 0 Å². The van der Waals surface area contributed by atoms with Crippen LogP contribution >= 0.6 is 11.3 Å². The standard InChI is InChI=1S/C12H19N3OS/c1-15(2)10(11-4-3-5-17-11)8-14-12(16)9-6-13-7-9/h3-5,9-10,13H,6-8H2,1-2H3,(H,14,16). The largest absolute Gasteiger partial charge is 0.354 e.